The first-order valence-corrected chi connectivity index (χ1v) is 9.90. The summed E-state index contributed by atoms with van der Waals surface area (Å²) in [5, 5.41) is 12.1. The lowest BCUT2D eigenvalue weighted by atomic mass is 10.1. The third-order valence-electron chi connectivity index (χ3n) is 4.63. The zero-order valence-electron chi connectivity index (χ0n) is 12.2. The quantitative estimate of drug-likeness (QED) is 0.797. The van der Waals surface area contributed by atoms with Crippen LogP contribution in [0.15, 0.2) is 18.5 Å². The lowest BCUT2D eigenvalue weighted by Gasteiger charge is -2.28. The Bertz CT molecular complexity index is 538. The van der Waals surface area contributed by atoms with Crippen molar-refractivity contribution >= 4 is 24.3 Å². The molecule has 0 aliphatic carbocycles. The molecule has 2 heterocycles. The molecular formula is C15H24N2OSi. The van der Waals surface area contributed by atoms with Gasteiger partial charge in [-0.15, -0.1) is 0 Å². The second kappa shape index (κ2) is 5.88. The number of hydrogen-bond donors (Lipinski definition) is 2. The molecule has 0 saturated carbocycles. The van der Waals surface area contributed by atoms with Gasteiger partial charge in [-0.1, -0.05) is 38.9 Å². The van der Waals surface area contributed by atoms with Crippen molar-refractivity contribution in [3.05, 3.63) is 24.0 Å². The van der Waals surface area contributed by atoms with Crippen molar-refractivity contribution in [3.8, 4) is 0 Å². The average Bonchev–Trinajstić information content (AvgIpc) is 2.82. The Labute approximate surface area is 116 Å². The molecule has 0 aromatic carbocycles. The number of aromatic nitrogens is 2. The van der Waals surface area contributed by atoms with Crippen molar-refractivity contribution in [2.24, 2.45) is 0 Å². The zero-order valence-corrected chi connectivity index (χ0v) is 13.2. The number of nitrogens with zero attached hydrogens (tertiary/aromatic N) is 1. The van der Waals surface area contributed by atoms with Gasteiger partial charge in [-0.3, -0.25) is 4.98 Å². The summed E-state index contributed by atoms with van der Waals surface area (Å²) in [4.78, 5) is 7.84. The summed E-state index contributed by atoms with van der Waals surface area (Å²) < 4.78 is 0. The lowest BCUT2D eigenvalue weighted by molar-refractivity contribution is 0.300. The first-order valence-electron chi connectivity index (χ1n) is 7.28. The van der Waals surface area contributed by atoms with Crippen LogP contribution in [0.2, 0.25) is 18.1 Å². The fourth-order valence-electron chi connectivity index (χ4n) is 3.21. The van der Waals surface area contributed by atoms with Crippen molar-refractivity contribution in [1.29, 1.82) is 0 Å². The number of aromatic amines is 1. The van der Waals surface area contributed by atoms with Crippen LogP contribution in [0.3, 0.4) is 0 Å². The number of hydrogen-bond acceptors (Lipinski definition) is 2. The molecule has 0 aliphatic rings. The number of aliphatic hydroxyl groups excluding tert-OH is 1. The Balaban J connectivity index is 2.67. The minimum absolute atomic E-state index is 0.212. The van der Waals surface area contributed by atoms with Crippen molar-refractivity contribution in [3.63, 3.8) is 0 Å². The molecule has 0 atom stereocenters. The first kappa shape index (κ1) is 14.3. The van der Waals surface area contributed by atoms with E-state index in [4.69, 9.17) is 0 Å². The van der Waals surface area contributed by atoms with Crippen molar-refractivity contribution in [1.82, 2.24) is 9.97 Å². The number of pyridine rings is 1. The van der Waals surface area contributed by atoms with Crippen LogP contribution in [0.25, 0.3) is 10.9 Å². The van der Waals surface area contributed by atoms with Gasteiger partial charge < -0.3 is 10.1 Å². The van der Waals surface area contributed by atoms with Crippen LogP contribution in [0.1, 0.15) is 26.3 Å². The molecule has 0 fully saturated rings. The molecule has 3 nitrogen and oxygen atoms in total. The Hall–Kier alpha value is -1.13. The smallest absolute Gasteiger partial charge is 0.107 e. The van der Waals surface area contributed by atoms with Crippen LogP contribution < -0.4 is 5.32 Å². The van der Waals surface area contributed by atoms with E-state index in [-0.39, 0.29) is 6.61 Å². The van der Waals surface area contributed by atoms with Gasteiger partial charge in [0.15, 0.2) is 0 Å². The third-order valence-corrected chi connectivity index (χ3v) is 10.2. The fraction of sp³-hybridized carbons (Fsp3) is 0.533. The van der Waals surface area contributed by atoms with Crippen LogP contribution >= 0.6 is 0 Å². The SMILES string of the molecule is CC[Si](CC)(CC)c1[nH]c2cnccc2c1CCO. The Morgan fingerprint density at radius 3 is 2.47 bits per heavy atom. The lowest BCUT2D eigenvalue weighted by Crippen LogP contribution is -2.48. The number of rotatable bonds is 6. The standard InChI is InChI=1S/C15H24N2OSi/c1-4-19(5-2,6-3)15-13(8-10-18)12-7-9-16-11-14(12)17-15/h7,9,11,17-18H,4-6,8,10H2,1-3H3. The van der Waals surface area contributed by atoms with Crippen LogP contribution in [0, 0.1) is 0 Å². The maximum absolute atomic E-state index is 9.39. The Morgan fingerprint density at radius 1 is 1.21 bits per heavy atom. The van der Waals surface area contributed by atoms with E-state index in [1.165, 1.54) is 34.4 Å². The number of fused-ring (bicyclic) bond motifs is 1. The second-order valence-electron chi connectivity index (χ2n) is 5.21. The van der Waals surface area contributed by atoms with Gasteiger partial charge in [-0.05, 0) is 18.1 Å². The van der Waals surface area contributed by atoms with Gasteiger partial charge in [0.2, 0.25) is 0 Å². The van der Waals surface area contributed by atoms with E-state index in [0.717, 1.165) is 11.9 Å². The van der Waals surface area contributed by atoms with E-state index < -0.39 is 8.07 Å². The molecule has 2 aromatic heterocycles. The van der Waals surface area contributed by atoms with Gasteiger partial charge in [0.05, 0.1) is 11.7 Å². The summed E-state index contributed by atoms with van der Waals surface area (Å²) in [7, 11) is -1.45. The van der Waals surface area contributed by atoms with E-state index in [0.29, 0.717) is 0 Å². The molecule has 0 aliphatic heterocycles. The summed E-state index contributed by atoms with van der Waals surface area (Å²) in [6.45, 7) is 7.15. The fourth-order valence-corrected chi connectivity index (χ4v) is 7.07. The molecule has 0 radical (unpaired) electrons. The van der Waals surface area contributed by atoms with E-state index in [1.54, 1.807) is 0 Å². The van der Waals surface area contributed by atoms with Crippen molar-refractivity contribution in [2.75, 3.05) is 6.61 Å². The van der Waals surface area contributed by atoms with E-state index >= 15 is 0 Å². The van der Waals surface area contributed by atoms with Gasteiger partial charge in [0, 0.05) is 23.5 Å². The van der Waals surface area contributed by atoms with Crippen LogP contribution in [-0.2, 0) is 6.42 Å². The molecule has 104 valence electrons. The zero-order chi connectivity index (χ0) is 13.9. The number of H-pyrrole nitrogens is 1. The van der Waals surface area contributed by atoms with Gasteiger partial charge in [-0.25, -0.2) is 0 Å². The molecule has 0 spiro atoms. The Kier molecular flexibility index (Phi) is 4.42. The highest BCUT2D eigenvalue weighted by Gasteiger charge is 2.33. The van der Waals surface area contributed by atoms with Crippen LogP contribution in [0.5, 0.6) is 0 Å². The normalized spacial score (nSPS) is 12.2. The van der Waals surface area contributed by atoms with Gasteiger partial charge in [-0.2, -0.15) is 0 Å². The molecule has 0 amide bonds. The van der Waals surface area contributed by atoms with Crippen molar-refractivity contribution in [2.45, 2.75) is 45.3 Å². The van der Waals surface area contributed by atoms with Crippen LogP contribution in [0.4, 0.5) is 0 Å². The molecule has 4 heteroatoms. The predicted octanol–water partition coefficient (Wildman–Crippen LogP) is 2.81. The molecule has 2 N–H and O–H groups in total. The average molecular weight is 276 g/mol. The summed E-state index contributed by atoms with van der Waals surface area (Å²) in [5.74, 6) is 0. The summed E-state index contributed by atoms with van der Waals surface area (Å²) >= 11 is 0. The third kappa shape index (κ3) is 2.35. The molecule has 2 aromatic rings. The molecule has 0 bridgehead atoms. The second-order valence-corrected chi connectivity index (χ2v) is 10.4. The van der Waals surface area contributed by atoms with Gasteiger partial charge >= 0.3 is 0 Å². The highest BCUT2D eigenvalue weighted by molar-refractivity contribution is 6.91. The minimum Gasteiger partial charge on any atom is -0.396 e. The number of nitrogens with one attached hydrogen (secondary N) is 1. The van der Waals surface area contributed by atoms with E-state index in [9.17, 15) is 5.11 Å². The number of aliphatic hydroxyl groups is 1. The Morgan fingerprint density at radius 2 is 1.89 bits per heavy atom. The summed E-state index contributed by atoms with van der Waals surface area (Å²) in [6.07, 6.45) is 4.49. The predicted molar refractivity (Wildman–Crippen MR) is 83.7 cm³/mol. The highest BCUT2D eigenvalue weighted by Crippen LogP contribution is 2.25. The van der Waals surface area contributed by atoms with Crippen molar-refractivity contribution < 1.29 is 5.11 Å². The molecule has 2 rings (SSSR count). The van der Waals surface area contributed by atoms with E-state index in [2.05, 4.69) is 36.8 Å². The van der Waals surface area contributed by atoms with E-state index in [1.807, 2.05) is 12.4 Å². The molecule has 19 heavy (non-hydrogen) atoms. The maximum Gasteiger partial charge on any atom is 0.107 e. The molecule has 0 saturated heterocycles. The molecule has 0 unspecified atom stereocenters. The van der Waals surface area contributed by atoms with Crippen LogP contribution in [-0.4, -0.2) is 29.8 Å². The first-order chi connectivity index (χ1) is 9.22. The summed E-state index contributed by atoms with van der Waals surface area (Å²) in [5.41, 5.74) is 2.45. The molecular weight excluding hydrogens is 252 g/mol. The minimum atomic E-state index is -1.45. The van der Waals surface area contributed by atoms with Gasteiger partial charge in [0.1, 0.15) is 8.07 Å². The summed E-state index contributed by atoms with van der Waals surface area (Å²) in [6, 6.07) is 5.82. The monoisotopic (exact) mass is 276 g/mol. The van der Waals surface area contributed by atoms with Gasteiger partial charge in [0.25, 0.3) is 0 Å². The maximum atomic E-state index is 9.39. The topological polar surface area (TPSA) is 48.9 Å². The largest absolute Gasteiger partial charge is 0.396 e. The highest BCUT2D eigenvalue weighted by atomic mass is 28.3.